The molecule has 0 amide bonds. The summed E-state index contributed by atoms with van der Waals surface area (Å²) >= 11 is 0. The minimum atomic E-state index is -1.01. The highest BCUT2D eigenvalue weighted by molar-refractivity contribution is 5.86. The van der Waals surface area contributed by atoms with Crippen molar-refractivity contribution in [1.29, 1.82) is 0 Å². The number of nitrogens with zero attached hydrogens (tertiary/aromatic N) is 1. The SMILES string of the molecule is C=C1C=CC=CC1C1=NC(OCC)C(O)O1. The average Bonchev–Trinajstić information content (AvgIpc) is 2.61. The molecule has 0 saturated carbocycles. The second-order valence-electron chi connectivity index (χ2n) is 3.62. The molecule has 0 radical (unpaired) electrons. The summed E-state index contributed by atoms with van der Waals surface area (Å²) < 4.78 is 10.5. The van der Waals surface area contributed by atoms with Crippen LogP contribution >= 0.6 is 0 Å². The summed E-state index contributed by atoms with van der Waals surface area (Å²) in [5.74, 6) is 0.377. The fourth-order valence-corrected chi connectivity index (χ4v) is 1.67. The second-order valence-corrected chi connectivity index (χ2v) is 3.62. The van der Waals surface area contributed by atoms with E-state index < -0.39 is 12.5 Å². The third kappa shape index (κ3) is 2.08. The van der Waals surface area contributed by atoms with E-state index in [4.69, 9.17) is 9.47 Å². The first-order valence-electron chi connectivity index (χ1n) is 5.30. The Morgan fingerprint density at radius 2 is 2.38 bits per heavy atom. The zero-order valence-corrected chi connectivity index (χ0v) is 9.17. The number of aliphatic imine (C=N–C) groups is 1. The molecule has 2 rings (SSSR count). The predicted octanol–water partition coefficient (Wildman–Crippen LogP) is 1.39. The van der Waals surface area contributed by atoms with Crippen LogP contribution in [0.3, 0.4) is 0 Å². The van der Waals surface area contributed by atoms with E-state index in [1.54, 1.807) is 0 Å². The molecule has 1 aliphatic heterocycles. The van der Waals surface area contributed by atoms with Gasteiger partial charge in [-0.25, -0.2) is 4.99 Å². The Labute approximate surface area is 94.6 Å². The molecule has 3 atom stereocenters. The molecule has 2 aliphatic rings. The first-order chi connectivity index (χ1) is 7.72. The predicted molar refractivity (Wildman–Crippen MR) is 60.9 cm³/mol. The van der Waals surface area contributed by atoms with Gasteiger partial charge < -0.3 is 14.6 Å². The van der Waals surface area contributed by atoms with Crippen LogP contribution in [0.4, 0.5) is 0 Å². The van der Waals surface area contributed by atoms with E-state index in [0.29, 0.717) is 12.5 Å². The molecule has 0 saturated heterocycles. The van der Waals surface area contributed by atoms with E-state index in [9.17, 15) is 5.11 Å². The maximum atomic E-state index is 9.57. The van der Waals surface area contributed by atoms with Gasteiger partial charge >= 0.3 is 0 Å². The minimum absolute atomic E-state index is 0.0925. The van der Waals surface area contributed by atoms with Crippen molar-refractivity contribution in [2.24, 2.45) is 10.9 Å². The van der Waals surface area contributed by atoms with Crippen LogP contribution in [0.2, 0.25) is 0 Å². The Morgan fingerprint density at radius 3 is 3.06 bits per heavy atom. The molecule has 16 heavy (non-hydrogen) atoms. The van der Waals surface area contributed by atoms with Crippen molar-refractivity contribution in [3.05, 3.63) is 36.5 Å². The van der Waals surface area contributed by atoms with Gasteiger partial charge in [0.05, 0.1) is 5.92 Å². The topological polar surface area (TPSA) is 51.0 Å². The molecule has 0 aromatic carbocycles. The third-order valence-corrected chi connectivity index (χ3v) is 2.47. The average molecular weight is 221 g/mol. The largest absolute Gasteiger partial charge is 0.446 e. The van der Waals surface area contributed by atoms with Gasteiger partial charge in [-0.2, -0.15) is 0 Å². The number of aliphatic hydroxyl groups is 1. The number of aliphatic hydroxyl groups excluding tert-OH is 1. The Kier molecular flexibility index (Phi) is 3.22. The van der Waals surface area contributed by atoms with Gasteiger partial charge in [0.15, 0.2) is 0 Å². The number of hydrogen-bond donors (Lipinski definition) is 1. The quantitative estimate of drug-likeness (QED) is 0.783. The van der Waals surface area contributed by atoms with Crippen molar-refractivity contribution >= 4 is 5.90 Å². The molecular formula is C12H15NO3. The Hall–Kier alpha value is -1.39. The molecule has 1 N–H and O–H groups in total. The molecule has 4 heteroatoms. The van der Waals surface area contributed by atoms with Gasteiger partial charge in [0.2, 0.25) is 18.4 Å². The Balaban J connectivity index is 2.11. The van der Waals surface area contributed by atoms with Crippen molar-refractivity contribution < 1.29 is 14.6 Å². The summed E-state index contributed by atoms with van der Waals surface area (Å²) in [6, 6.07) is 0. The van der Waals surface area contributed by atoms with Gasteiger partial charge in [0, 0.05) is 6.61 Å². The zero-order valence-electron chi connectivity index (χ0n) is 9.17. The monoisotopic (exact) mass is 221 g/mol. The van der Waals surface area contributed by atoms with Gasteiger partial charge in [0.1, 0.15) is 0 Å². The van der Waals surface area contributed by atoms with Crippen LogP contribution in [-0.4, -0.2) is 30.1 Å². The first-order valence-corrected chi connectivity index (χ1v) is 5.30. The van der Waals surface area contributed by atoms with Gasteiger partial charge in [-0.05, 0) is 12.5 Å². The first kappa shape index (κ1) is 11.1. The number of hydrogen-bond acceptors (Lipinski definition) is 4. The van der Waals surface area contributed by atoms with Crippen LogP contribution in [-0.2, 0) is 9.47 Å². The molecule has 4 nitrogen and oxygen atoms in total. The highest BCUT2D eigenvalue weighted by atomic mass is 16.7. The van der Waals surface area contributed by atoms with Crippen LogP contribution in [0.1, 0.15) is 6.92 Å². The maximum Gasteiger partial charge on any atom is 0.246 e. The van der Waals surface area contributed by atoms with E-state index >= 15 is 0 Å². The van der Waals surface area contributed by atoms with Gasteiger partial charge in [-0.15, -0.1) is 0 Å². The summed E-state index contributed by atoms with van der Waals surface area (Å²) in [7, 11) is 0. The standard InChI is InChI=1S/C12H15NO3/c1-3-15-11-12(14)16-10(13-11)9-7-5-4-6-8(9)2/h4-7,9,11-12,14H,2-3H2,1H3. The van der Waals surface area contributed by atoms with Crippen LogP contribution in [0.5, 0.6) is 0 Å². The molecule has 0 spiro atoms. The molecule has 1 heterocycles. The summed E-state index contributed by atoms with van der Waals surface area (Å²) in [5.41, 5.74) is 0.894. The van der Waals surface area contributed by atoms with E-state index in [-0.39, 0.29) is 5.92 Å². The van der Waals surface area contributed by atoms with Gasteiger partial charge in [0.25, 0.3) is 0 Å². The van der Waals surface area contributed by atoms with Crippen molar-refractivity contribution in [2.75, 3.05) is 6.61 Å². The van der Waals surface area contributed by atoms with E-state index in [0.717, 1.165) is 5.57 Å². The summed E-state index contributed by atoms with van der Waals surface area (Å²) in [6.45, 7) is 6.25. The van der Waals surface area contributed by atoms with Crippen LogP contribution in [0.25, 0.3) is 0 Å². The smallest absolute Gasteiger partial charge is 0.246 e. The minimum Gasteiger partial charge on any atom is -0.446 e. The lowest BCUT2D eigenvalue weighted by molar-refractivity contribution is -0.112. The van der Waals surface area contributed by atoms with E-state index in [1.165, 1.54) is 0 Å². The lowest BCUT2D eigenvalue weighted by atomic mass is 9.96. The molecule has 0 fully saturated rings. The van der Waals surface area contributed by atoms with Gasteiger partial charge in [-0.3, -0.25) is 0 Å². The van der Waals surface area contributed by atoms with Crippen LogP contribution in [0.15, 0.2) is 41.4 Å². The molecule has 0 bridgehead atoms. The Morgan fingerprint density at radius 1 is 1.56 bits per heavy atom. The zero-order chi connectivity index (χ0) is 11.5. The molecule has 0 aromatic rings. The summed E-state index contributed by atoms with van der Waals surface area (Å²) in [5, 5.41) is 9.57. The molecular weight excluding hydrogens is 206 g/mol. The fourth-order valence-electron chi connectivity index (χ4n) is 1.67. The Bertz CT molecular complexity index is 370. The van der Waals surface area contributed by atoms with Crippen molar-refractivity contribution in [3.63, 3.8) is 0 Å². The third-order valence-electron chi connectivity index (χ3n) is 2.47. The number of rotatable bonds is 3. The van der Waals surface area contributed by atoms with Gasteiger partial charge in [-0.1, -0.05) is 30.9 Å². The fraction of sp³-hybridized carbons (Fsp3) is 0.417. The number of allylic oxidation sites excluding steroid dienone is 3. The van der Waals surface area contributed by atoms with E-state index in [1.807, 2.05) is 31.2 Å². The number of ether oxygens (including phenoxy) is 2. The molecule has 3 unspecified atom stereocenters. The highest BCUT2D eigenvalue weighted by Crippen LogP contribution is 2.25. The van der Waals surface area contributed by atoms with Crippen molar-refractivity contribution in [2.45, 2.75) is 19.4 Å². The lowest BCUT2D eigenvalue weighted by Gasteiger charge is -2.15. The molecule has 86 valence electrons. The van der Waals surface area contributed by atoms with Crippen LogP contribution in [0, 0.1) is 5.92 Å². The molecule has 0 aromatic heterocycles. The summed E-state index contributed by atoms with van der Waals surface area (Å²) in [4.78, 5) is 4.21. The van der Waals surface area contributed by atoms with Crippen molar-refractivity contribution in [3.8, 4) is 0 Å². The summed E-state index contributed by atoms with van der Waals surface area (Å²) in [6.07, 6.45) is 6.02. The second kappa shape index (κ2) is 4.63. The van der Waals surface area contributed by atoms with Crippen LogP contribution < -0.4 is 0 Å². The highest BCUT2D eigenvalue weighted by Gasteiger charge is 2.33. The lowest BCUT2D eigenvalue weighted by Crippen LogP contribution is -2.25. The maximum absolute atomic E-state index is 9.57. The normalized spacial score (nSPS) is 32.8. The molecule has 1 aliphatic carbocycles. The van der Waals surface area contributed by atoms with E-state index in [2.05, 4.69) is 11.6 Å². The van der Waals surface area contributed by atoms with Crippen molar-refractivity contribution in [1.82, 2.24) is 0 Å².